The van der Waals surface area contributed by atoms with E-state index < -0.39 is 5.92 Å². The summed E-state index contributed by atoms with van der Waals surface area (Å²) in [6, 6.07) is 9.77. The third-order valence-corrected chi connectivity index (χ3v) is 3.44. The Balaban J connectivity index is 1.95. The van der Waals surface area contributed by atoms with Gasteiger partial charge in [-0.05, 0) is 12.0 Å². The Labute approximate surface area is 112 Å². The molecule has 0 aromatic heterocycles. The van der Waals surface area contributed by atoms with Gasteiger partial charge in [0.05, 0.1) is 4.99 Å². The Morgan fingerprint density at radius 2 is 1.78 bits per heavy atom. The highest BCUT2D eigenvalue weighted by molar-refractivity contribution is 7.80. The smallest absolute Gasteiger partial charge is 0.150 e. The van der Waals surface area contributed by atoms with Crippen LogP contribution in [0, 0.1) is 5.92 Å². The predicted octanol–water partition coefficient (Wildman–Crippen LogP) is 2.04. The number of hydrogen-bond donors (Lipinski definition) is 1. The van der Waals surface area contributed by atoms with Crippen LogP contribution in [-0.2, 0) is 16.1 Å². The van der Waals surface area contributed by atoms with Crippen LogP contribution in [0.1, 0.15) is 24.8 Å². The molecule has 0 saturated heterocycles. The molecule has 0 atom stereocenters. The number of ketones is 2. The second kappa shape index (κ2) is 5.87. The Kier molecular flexibility index (Phi) is 4.20. The van der Waals surface area contributed by atoms with Crippen LogP contribution in [0.5, 0.6) is 0 Å². The SMILES string of the molecule is O=C1CCCC(=O)C1C(=S)NCc1ccccc1. The van der Waals surface area contributed by atoms with Crippen LogP contribution in [0.3, 0.4) is 0 Å². The Morgan fingerprint density at radius 1 is 1.17 bits per heavy atom. The first kappa shape index (κ1) is 12.9. The van der Waals surface area contributed by atoms with E-state index in [9.17, 15) is 9.59 Å². The average Bonchev–Trinajstić information content (AvgIpc) is 2.37. The molecule has 18 heavy (non-hydrogen) atoms. The molecule has 4 heteroatoms. The summed E-state index contributed by atoms with van der Waals surface area (Å²) in [6.07, 6.45) is 1.59. The van der Waals surface area contributed by atoms with Gasteiger partial charge in [-0.1, -0.05) is 42.5 Å². The van der Waals surface area contributed by atoms with Crippen LogP contribution >= 0.6 is 12.2 Å². The molecule has 1 aliphatic carbocycles. The van der Waals surface area contributed by atoms with Gasteiger partial charge in [0, 0.05) is 19.4 Å². The van der Waals surface area contributed by atoms with Gasteiger partial charge >= 0.3 is 0 Å². The van der Waals surface area contributed by atoms with E-state index in [0.717, 1.165) is 5.56 Å². The van der Waals surface area contributed by atoms with E-state index in [1.54, 1.807) is 0 Å². The van der Waals surface area contributed by atoms with Crippen molar-refractivity contribution in [3.63, 3.8) is 0 Å². The summed E-state index contributed by atoms with van der Waals surface area (Å²) in [7, 11) is 0. The highest BCUT2D eigenvalue weighted by Crippen LogP contribution is 2.18. The third-order valence-electron chi connectivity index (χ3n) is 3.06. The summed E-state index contributed by atoms with van der Waals surface area (Å²) < 4.78 is 0. The summed E-state index contributed by atoms with van der Waals surface area (Å²) >= 11 is 5.17. The molecule has 1 aromatic rings. The van der Waals surface area contributed by atoms with Crippen molar-refractivity contribution in [2.24, 2.45) is 5.92 Å². The standard InChI is InChI=1S/C14H15NO2S/c16-11-7-4-8-12(17)13(11)14(18)15-9-10-5-2-1-3-6-10/h1-3,5-6,13H,4,7-9H2,(H,15,18). The number of thiocarbonyl (C=S) groups is 1. The zero-order chi connectivity index (χ0) is 13.0. The van der Waals surface area contributed by atoms with E-state index in [1.807, 2.05) is 30.3 Å². The van der Waals surface area contributed by atoms with Crippen molar-refractivity contribution in [3.05, 3.63) is 35.9 Å². The second-order valence-corrected chi connectivity index (χ2v) is 4.86. The van der Waals surface area contributed by atoms with E-state index in [4.69, 9.17) is 12.2 Å². The number of carbonyl (C=O) groups is 2. The molecule has 1 N–H and O–H groups in total. The fraction of sp³-hybridized carbons (Fsp3) is 0.357. The van der Waals surface area contributed by atoms with Gasteiger partial charge in [-0.3, -0.25) is 9.59 Å². The number of carbonyl (C=O) groups excluding carboxylic acids is 2. The number of nitrogens with one attached hydrogen (secondary N) is 1. The van der Waals surface area contributed by atoms with Crippen molar-refractivity contribution in [3.8, 4) is 0 Å². The molecular weight excluding hydrogens is 246 g/mol. The number of Topliss-reactive ketones (excluding diaryl/α,β-unsaturated/α-hetero) is 2. The summed E-state index contributed by atoms with van der Waals surface area (Å²) in [5.74, 6) is -0.800. The van der Waals surface area contributed by atoms with Gasteiger partial charge in [-0.15, -0.1) is 0 Å². The molecule has 2 rings (SSSR count). The zero-order valence-corrected chi connectivity index (χ0v) is 10.8. The second-order valence-electron chi connectivity index (χ2n) is 4.42. The number of benzene rings is 1. The van der Waals surface area contributed by atoms with Crippen molar-refractivity contribution in [1.29, 1.82) is 0 Å². The monoisotopic (exact) mass is 261 g/mol. The molecule has 1 aliphatic rings. The van der Waals surface area contributed by atoms with Gasteiger partial charge in [-0.25, -0.2) is 0 Å². The van der Waals surface area contributed by atoms with Crippen molar-refractivity contribution < 1.29 is 9.59 Å². The number of hydrogen-bond acceptors (Lipinski definition) is 3. The molecule has 0 aliphatic heterocycles. The highest BCUT2D eigenvalue weighted by atomic mass is 32.1. The van der Waals surface area contributed by atoms with Crippen LogP contribution in [-0.4, -0.2) is 16.6 Å². The number of rotatable bonds is 3. The van der Waals surface area contributed by atoms with Crippen LogP contribution < -0.4 is 5.32 Å². The molecule has 1 saturated carbocycles. The highest BCUT2D eigenvalue weighted by Gasteiger charge is 2.33. The quantitative estimate of drug-likeness (QED) is 0.668. The van der Waals surface area contributed by atoms with Gasteiger partial charge in [0.25, 0.3) is 0 Å². The Morgan fingerprint density at radius 3 is 2.39 bits per heavy atom. The molecular formula is C14H15NO2S. The van der Waals surface area contributed by atoms with Gasteiger partial charge in [0.2, 0.25) is 0 Å². The molecule has 0 radical (unpaired) electrons. The van der Waals surface area contributed by atoms with E-state index in [2.05, 4.69) is 5.32 Å². The molecule has 0 bridgehead atoms. The lowest BCUT2D eigenvalue weighted by molar-refractivity contribution is -0.132. The topological polar surface area (TPSA) is 46.2 Å². The van der Waals surface area contributed by atoms with Gasteiger partial charge < -0.3 is 5.32 Å². The Hall–Kier alpha value is -1.55. The normalized spacial score (nSPS) is 16.7. The van der Waals surface area contributed by atoms with Crippen LogP contribution in [0.4, 0.5) is 0 Å². The predicted molar refractivity (Wildman–Crippen MR) is 73.2 cm³/mol. The van der Waals surface area contributed by atoms with E-state index in [0.29, 0.717) is 30.8 Å². The molecule has 0 amide bonds. The van der Waals surface area contributed by atoms with Crippen LogP contribution in [0.2, 0.25) is 0 Å². The fourth-order valence-corrected chi connectivity index (χ4v) is 2.42. The van der Waals surface area contributed by atoms with Gasteiger partial charge in [0.1, 0.15) is 17.5 Å². The lowest BCUT2D eigenvalue weighted by Gasteiger charge is -2.21. The molecule has 1 aromatic carbocycles. The van der Waals surface area contributed by atoms with E-state index in [-0.39, 0.29) is 11.6 Å². The Bertz CT molecular complexity index is 454. The first-order valence-electron chi connectivity index (χ1n) is 6.05. The molecule has 0 unspecified atom stereocenters. The lowest BCUT2D eigenvalue weighted by Crippen LogP contribution is -2.40. The maximum Gasteiger partial charge on any atom is 0.150 e. The minimum absolute atomic E-state index is 0.0446. The van der Waals surface area contributed by atoms with Crippen molar-refractivity contribution >= 4 is 28.8 Å². The van der Waals surface area contributed by atoms with Crippen molar-refractivity contribution in [1.82, 2.24) is 5.32 Å². The van der Waals surface area contributed by atoms with Crippen molar-refractivity contribution in [2.45, 2.75) is 25.8 Å². The summed E-state index contributed by atoms with van der Waals surface area (Å²) in [5, 5.41) is 3.02. The average molecular weight is 261 g/mol. The largest absolute Gasteiger partial charge is 0.375 e. The molecule has 94 valence electrons. The maximum absolute atomic E-state index is 11.7. The molecule has 0 heterocycles. The molecule has 3 nitrogen and oxygen atoms in total. The first-order valence-corrected chi connectivity index (χ1v) is 6.46. The fourth-order valence-electron chi connectivity index (χ4n) is 2.08. The third kappa shape index (κ3) is 3.01. The van der Waals surface area contributed by atoms with Crippen molar-refractivity contribution in [2.75, 3.05) is 0 Å². The van der Waals surface area contributed by atoms with Gasteiger partial charge in [-0.2, -0.15) is 0 Å². The van der Waals surface area contributed by atoms with Gasteiger partial charge in [0.15, 0.2) is 0 Å². The summed E-state index contributed by atoms with van der Waals surface area (Å²) in [6.45, 7) is 0.552. The molecule has 0 spiro atoms. The van der Waals surface area contributed by atoms with E-state index >= 15 is 0 Å². The molecule has 1 fully saturated rings. The van der Waals surface area contributed by atoms with Crippen LogP contribution in [0.25, 0.3) is 0 Å². The summed E-state index contributed by atoms with van der Waals surface area (Å²) in [4.78, 5) is 23.8. The van der Waals surface area contributed by atoms with E-state index in [1.165, 1.54) is 0 Å². The minimum atomic E-state index is -0.711. The zero-order valence-electron chi connectivity index (χ0n) is 10.0. The lowest BCUT2D eigenvalue weighted by atomic mass is 9.86. The summed E-state index contributed by atoms with van der Waals surface area (Å²) in [5.41, 5.74) is 1.08. The first-order chi connectivity index (χ1) is 8.68. The minimum Gasteiger partial charge on any atom is -0.375 e. The maximum atomic E-state index is 11.7. The van der Waals surface area contributed by atoms with Crippen LogP contribution in [0.15, 0.2) is 30.3 Å².